The van der Waals surface area contributed by atoms with Crippen LogP contribution in [0.25, 0.3) is 0 Å². The lowest BCUT2D eigenvalue weighted by Crippen LogP contribution is -2.46. The lowest BCUT2D eigenvalue weighted by atomic mass is 9.77. The molecule has 1 aromatic rings. The maximum atomic E-state index is 13.0. The van der Waals surface area contributed by atoms with Gasteiger partial charge >= 0.3 is 0 Å². The molecule has 0 unspecified atom stereocenters. The number of aryl methyl sites for hydroxylation is 1. The number of hydrogen-bond donors (Lipinski definition) is 0. The van der Waals surface area contributed by atoms with Crippen molar-refractivity contribution < 1.29 is 8.42 Å². The third kappa shape index (κ3) is 1.70. The van der Waals surface area contributed by atoms with Crippen LogP contribution in [0.2, 0.25) is 0 Å². The molecular weight excluding hydrogens is 310 g/mol. The van der Waals surface area contributed by atoms with E-state index in [2.05, 4.69) is 22.5 Å². The van der Waals surface area contributed by atoms with Crippen molar-refractivity contribution in [3.05, 3.63) is 42.0 Å². The van der Waals surface area contributed by atoms with E-state index in [9.17, 15) is 8.42 Å². The predicted octanol–water partition coefficient (Wildman–Crippen LogP) is 2.95. The molecule has 0 N–H and O–H groups in total. The van der Waals surface area contributed by atoms with Crippen LogP contribution in [-0.4, -0.2) is 24.9 Å². The molecule has 2 bridgehead atoms. The smallest absolute Gasteiger partial charge is 0.200 e. The molecular formula is C17H19N3O2S. The van der Waals surface area contributed by atoms with Gasteiger partial charge in [-0.3, -0.25) is 0 Å². The molecule has 1 aromatic carbocycles. The number of rotatable bonds is 2. The number of benzene rings is 1. The van der Waals surface area contributed by atoms with Crippen molar-refractivity contribution >= 4 is 10.0 Å². The molecule has 3 aliphatic carbocycles. The number of fused-ring (bicyclic) bond motifs is 8. The zero-order valence-electron chi connectivity index (χ0n) is 12.9. The molecule has 0 aromatic heterocycles. The maximum Gasteiger partial charge on any atom is 0.280 e. The highest BCUT2D eigenvalue weighted by Crippen LogP contribution is 2.60. The van der Waals surface area contributed by atoms with Crippen LogP contribution in [-0.2, 0) is 10.0 Å². The van der Waals surface area contributed by atoms with Crippen LogP contribution in [0.5, 0.6) is 0 Å². The second-order valence-electron chi connectivity index (χ2n) is 7.25. The lowest BCUT2D eigenvalue weighted by Gasteiger charge is -2.35. The Bertz CT molecular complexity index is 815. The second kappa shape index (κ2) is 4.44. The van der Waals surface area contributed by atoms with Crippen LogP contribution in [0, 0.1) is 30.6 Å². The van der Waals surface area contributed by atoms with E-state index in [4.69, 9.17) is 0 Å². The largest absolute Gasteiger partial charge is 0.280 e. The normalized spacial score (nSPS) is 40.0. The molecule has 6 atom stereocenters. The zero-order valence-corrected chi connectivity index (χ0v) is 13.7. The summed E-state index contributed by atoms with van der Waals surface area (Å²) in [4.78, 5) is 0.312. The molecule has 0 amide bonds. The standard InChI is InChI=1S/C17H19N3O2S/c1-10-5-7-11(8-6-10)23(21,22)20-17-15-9-14(16(17)18-19-20)12-3-2-4-13(12)15/h2-3,5-8,12-17H,4,9H2,1H3/t12-,13+,14-,15+,16-,17+/m0/s1. The van der Waals surface area contributed by atoms with Crippen LogP contribution in [0.15, 0.2) is 51.7 Å². The van der Waals surface area contributed by atoms with Gasteiger partial charge in [0.25, 0.3) is 10.0 Å². The Kier molecular flexibility index (Phi) is 2.65. The van der Waals surface area contributed by atoms with Gasteiger partial charge in [-0.15, -0.1) is 0 Å². The van der Waals surface area contributed by atoms with Gasteiger partial charge in [-0.25, -0.2) is 0 Å². The Balaban J connectivity index is 1.51. The molecule has 1 aliphatic heterocycles. The average Bonchev–Trinajstić information content (AvgIpc) is 3.25. The highest BCUT2D eigenvalue weighted by molar-refractivity contribution is 7.89. The van der Waals surface area contributed by atoms with Gasteiger partial charge in [-0.2, -0.15) is 17.9 Å². The fraction of sp³-hybridized carbons (Fsp3) is 0.529. The van der Waals surface area contributed by atoms with Gasteiger partial charge in [0.2, 0.25) is 0 Å². The topological polar surface area (TPSA) is 62.1 Å². The molecule has 120 valence electrons. The van der Waals surface area contributed by atoms with E-state index in [1.165, 1.54) is 4.41 Å². The molecule has 23 heavy (non-hydrogen) atoms. The molecule has 5 nitrogen and oxygen atoms in total. The highest BCUT2D eigenvalue weighted by Gasteiger charge is 2.63. The maximum absolute atomic E-state index is 13.0. The highest BCUT2D eigenvalue weighted by atomic mass is 32.2. The second-order valence-corrected chi connectivity index (χ2v) is 9.04. The van der Waals surface area contributed by atoms with Gasteiger partial charge < -0.3 is 0 Å². The van der Waals surface area contributed by atoms with Crippen molar-refractivity contribution in [2.45, 2.75) is 36.7 Å². The molecule has 0 radical (unpaired) electrons. The summed E-state index contributed by atoms with van der Waals surface area (Å²) < 4.78 is 27.3. The summed E-state index contributed by atoms with van der Waals surface area (Å²) in [5.41, 5.74) is 1.05. The number of allylic oxidation sites excluding steroid dienone is 2. The summed E-state index contributed by atoms with van der Waals surface area (Å²) in [6.07, 6.45) is 6.74. The number of sulfonamides is 1. The predicted molar refractivity (Wildman–Crippen MR) is 85.0 cm³/mol. The summed E-state index contributed by atoms with van der Waals surface area (Å²) in [7, 11) is -3.61. The summed E-state index contributed by atoms with van der Waals surface area (Å²) in [6.45, 7) is 1.95. The molecule has 0 saturated heterocycles. The lowest BCUT2D eigenvalue weighted by molar-refractivity contribution is 0.177. The van der Waals surface area contributed by atoms with Crippen LogP contribution in [0.1, 0.15) is 18.4 Å². The molecule has 1 heterocycles. The van der Waals surface area contributed by atoms with Gasteiger partial charge in [0.05, 0.1) is 17.0 Å². The Labute approximate surface area is 136 Å². The summed E-state index contributed by atoms with van der Waals surface area (Å²) >= 11 is 0. The van der Waals surface area contributed by atoms with Crippen molar-refractivity contribution in [3.63, 3.8) is 0 Å². The molecule has 0 spiro atoms. The van der Waals surface area contributed by atoms with Crippen molar-refractivity contribution in [3.8, 4) is 0 Å². The van der Waals surface area contributed by atoms with E-state index in [1.807, 2.05) is 19.1 Å². The quantitative estimate of drug-likeness (QED) is 0.783. The third-order valence-electron chi connectivity index (χ3n) is 6.17. The SMILES string of the molecule is Cc1ccc(S(=O)(=O)N2N=N[C@H]3[C@H]4C[C@H]([C@@H]5CC=C[C@@H]54)[C@H]32)cc1. The van der Waals surface area contributed by atoms with E-state index in [0.29, 0.717) is 28.6 Å². The molecule has 4 aliphatic rings. The first-order valence-corrected chi connectivity index (χ1v) is 9.70. The molecule has 5 rings (SSSR count). The van der Waals surface area contributed by atoms with Gasteiger partial charge in [0.1, 0.15) is 0 Å². The van der Waals surface area contributed by atoms with Gasteiger partial charge in [-0.1, -0.05) is 35.1 Å². The zero-order chi connectivity index (χ0) is 15.8. The van der Waals surface area contributed by atoms with Crippen LogP contribution < -0.4 is 0 Å². The molecule has 2 fully saturated rings. The van der Waals surface area contributed by atoms with E-state index in [-0.39, 0.29) is 12.1 Å². The van der Waals surface area contributed by atoms with Crippen LogP contribution in [0.4, 0.5) is 0 Å². The first-order chi connectivity index (χ1) is 11.1. The first kappa shape index (κ1) is 13.7. The van der Waals surface area contributed by atoms with E-state index in [0.717, 1.165) is 18.4 Å². The minimum Gasteiger partial charge on any atom is -0.200 e. The van der Waals surface area contributed by atoms with Crippen molar-refractivity contribution in [1.29, 1.82) is 0 Å². The first-order valence-electron chi connectivity index (χ1n) is 8.26. The number of hydrogen-bond acceptors (Lipinski definition) is 4. The van der Waals surface area contributed by atoms with E-state index < -0.39 is 10.0 Å². The van der Waals surface area contributed by atoms with Gasteiger partial charge in [0, 0.05) is 0 Å². The van der Waals surface area contributed by atoms with Crippen molar-refractivity contribution in [2.24, 2.45) is 34.0 Å². The Hall–Kier alpha value is -1.69. The van der Waals surface area contributed by atoms with Crippen LogP contribution >= 0.6 is 0 Å². The molecule has 6 heteroatoms. The summed E-state index contributed by atoms with van der Waals surface area (Å²) in [5.74, 6) is 2.03. The van der Waals surface area contributed by atoms with Gasteiger partial charge in [0.15, 0.2) is 0 Å². The van der Waals surface area contributed by atoms with Crippen LogP contribution in [0.3, 0.4) is 0 Å². The van der Waals surface area contributed by atoms with E-state index in [1.54, 1.807) is 12.1 Å². The fourth-order valence-electron chi connectivity index (χ4n) is 5.17. The van der Waals surface area contributed by atoms with Gasteiger partial charge in [-0.05, 0) is 55.6 Å². The van der Waals surface area contributed by atoms with Crippen molar-refractivity contribution in [2.75, 3.05) is 0 Å². The molecule has 2 saturated carbocycles. The number of nitrogens with zero attached hydrogens (tertiary/aromatic N) is 3. The van der Waals surface area contributed by atoms with Crippen molar-refractivity contribution in [1.82, 2.24) is 4.41 Å². The van der Waals surface area contributed by atoms with E-state index >= 15 is 0 Å². The summed E-state index contributed by atoms with van der Waals surface area (Å²) in [5, 5.41) is 8.47. The minimum absolute atomic E-state index is 0.0456. The average molecular weight is 329 g/mol. The monoisotopic (exact) mass is 329 g/mol. The Morgan fingerprint density at radius 1 is 1.13 bits per heavy atom. The fourth-order valence-corrected chi connectivity index (χ4v) is 6.61. The minimum atomic E-state index is -3.61. The third-order valence-corrected chi connectivity index (χ3v) is 7.85. The Morgan fingerprint density at radius 2 is 1.91 bits per heavy atom. The Morgan fingerprint density at radius 3 is 2.70 bits per heavy atom. The summed E-state index contributed by atoms with van der Waals surface area (Å²) in [6, 6.07) is 6.96.